The van der Waals surface area contributed by atoms with Gasteiger partial charge in [0.2, 0.25) is 0 Å². The molecule has 0 aliphatic heterocycles. The predicted molar refractivity (Wildman–Crippen MR) is 61.1 cm³/mol. The molecule has 2 unspecified atom stereocenters. The van der Waals surface area contributed by atoms with Crippen LogP contribution < -0.4 is 0 Å². The number of hydrogen-bond acceptors (Lipinski definition) is 3. The van der Waals surface area contributed by atoms with Gasteiger partial charge in [0, 0.05) is 0 Å². The Bertz CT molecular complexity index is 171. The van der Waals surface area contributed by atoms with E-state index in [0.29, 0.717) is 0 Å². The number of hydrogen-bond donors (Lipinski definition) is 0. The molecule has 0 rings (SSSR count). The third kappa shape index (κ3) is 5.69. The number of aliphatic imine (C=N–C) groups is 2. The topological polar surface area (TPSA) is 28.0 Å². The quantitative estimate of drug-likeness (QED) is 0.336. The number of rotatable bonds is 4. The zero-order valence-corrected chi connectivity index (χ0v) is 10.2. The molecule has 70 valence electrons. The van der Waals surface area contributed by atoms with Gasteiger partial charge in [0.25, 0.3) is 0 Å². The van der Waals surface area contributed by atoms with Crippen molar-refractivity contribution in [3.63, 3.8) is 0 Å². The lowest BCUT2D eigenvalue weighted by atomic mass is 10.4. The SMILES string of the molecule is CCC(N=C=NC(C)I)N(C)C. The molecule has 12 heavy (non-hydrogen) atoms. The Kier molecular flexibility index (Phi) is 6.61. The maximum absolute atomic E-state index is 4.19. The Morgan fingerprint density at radius 3 is 2.33 bits per heavy atom. The summed E-state index contributed by atoms with van der Waals surface area (Å²) in [6, 6.07) is 2.72. The van der Waals surface area contributed by atoms with Crippen LogP contribution in [0.25, 0.3) is 0 Å². The molecule has 2 atom stereocenters. The lowest BCUT2D eigenvalue weighted by molar-refractivity contribution is 0.296. The molecule has 3 nitrogen and oxygen atoms in total. The van der Waals surface area contributed by atoms with Crippen LogP contribution >= 0.6 is 22.6 Å². The van der Waals surface area contributed by atoms with E-state index in [9.17, 15) is 0 Å². The predicted octanol–water partition coefficient (Wildman–Crippen LogP) is 2.24. The van der Waals surface area contributed by atoms with E-state index in [4.69, 9.17) is 0 Å². The highest BCUT2D eigenvalue weighted by Gasteiger charge is 2.03. The van der Waals surface area contributed by atoms with Gasteiger partial charge in [0.1, 0.15) is 10.2 Å². The minimum atomic E-state index is 0.212. The molecule has 0 saturated carbocycles. The Morgan fingerprint density at radius 2 is 2.00 bits per heavy atom. The fourth-order valence-corrected chi connectivity index (χ4v) is 0.876. The van der Waals surface area contributed by atoms with Crippen molar-refractivity contribution in [2.45, 2.75) is 30.5 Å². The lowest BCUT2D eigenvalue weighted by Crippen LogP contribution is -2.24. The average Bonchev–Trinajstić information content (AvgIpc) is 1.96. The van der Waals surface area contributed by atoms with Gasteiger partial charge in [-0.2, -0.15) is 0 Å². The number of halogens is 1. The van der Waals surface area contributed by atoms with E-state index in [0.717, 1.165) is 6.42 Å². The third-order valence-corrected chi connectivity index (χ3v) is 1.68. The molecule has 0 saturated heterocycles. The Labute approximate surface area is 88.1 Å². The fourth-order valence-electron chi connectivity index (χ4n) is 0.751. The molecule has 0 aromatic rings. The minimum absolute atomic E-state index is 0.212. The summed E-state index contributed by atoms with van der Waals surface area (Å²) in [6.45, 7) is 4.10. The highest BCUT2D eigenvalue weighted by molar-refractivity contribution is 14.1. The van der Waals surface area contributed by atoms with Crippen LogP contribution in [-0.4, -0.2) is 35.2 Å². The van der Waals surface area contributed by atoms with Crippen molar-refractivity contribution in [2.75, 3.05) is 14.1 Å². The van der Waals surface area contributed by atoms with Gasteiger partial charge in [-0.05, 0) is 27.4 Å². The van der Waals surface area contributed by atoms with E-state index in [-0.39, 0.29) is 10.2 Å². The summed E-state index contributed by atoms with van der Waals surface area (Å²) in [6.07, 6.45) is 1.20. The first-order valence-electron chi connectivity index (χ1n) is 4.03. The molecule has 0 fully saturated rings. The zero-order valence-electron chi connectivity index (χ0n) is 8.08. The van der Waals surface area contributed by atoms with E-state index in [1.54, 1.807) is 0 Å². The molecule has 0 N–H and O–H groups in total. The highest BCUT2D eigenvalue weighted by atomic mass is 127. The Balaban J connectivity index is 4.10. The smallest absolute Gasteiger partial charge is 0.112 e. The normalized spacial score (nSPS) is 15.2. The molecule has 0 spiro atoms. The first-order valence-corrected chi connectivity index (χ1v) is 5.27. The van der Waals surface area contributed by atoms with Crippen LogP contribution in [0.5, 0.6) is 0 Å². The molecule has 0 amide bonds. The van der Waals surface area contributed by atoms with Gasteiger partial charge < -0.3 is 0 Å². The lowest BCUT2D eigenvalue weighted by Gasteiger charge is -2.15. The van der Waals surface area contributed by atoms with E-state index in [2.05, 4.69) is 50.4 Å². The first kappa shape index (κ1) is 12.1. The summed E-state index contributed by atoms with van der Waals surface area (Å²) in [7, 11) is 4.01. The Morgan fingerprint density at radius 1 is 1.42 bits per heavy atom. The largest absolute Gasteiger partial charge is 0.287 e. The van der Waals surface area contributed by atoms with Gasteiger partial charge in [-0.15, -0.1) is 0 Å². The second kappa shape index (κ2) is 6.57. The highest BCUT2D eigenvalue weighted by Crippen LogP contribution is 2.00. The molecule has 0 aromatic carbocycles. The van der Waals surface area contributed by atoms with Crippen LogP contribution in [0.2, 0.25) is 0 Å². The molecule has 0 bridgehead atoms. The van der Waals surface area contributed by atoms with Crippen molar-refractivity contribution in [3.8, 4) is 0 Å². The standard InChI is InChI=1S/C8H16IN3/c1-5-8(12(3)4)11-6-10-7(2)9/h7-8H,5H2,1-4H3. The molecule has 0 heterocycles. The van der Waals surface area contributed by atoms with Crippen LogP contribution in [0, 0.1) is 0 Å². The van der Waals surface area contributed by atoms with Crippen LogP contribution in [0.3, 0.4) is 0 Å². The van der Waals surface area contributed by atoms with Gasteiger partial charge in [0.15, 0.2) is 0 Å². The molecule has 0 aliphatic carbocycles. The van der Waals surface area contributed by atoms with Crippen molar-refractivity contribution in [2.24, 2.45) is 9.98 Å². The third-order valence-electron chi connectivity index (χ3n) is 1.40. The number of alkyl halides is 1. The van der Waals surface area contributed by atoms with Gasteiger partial charge in [0.05, 0.1) is 6.01 Å². The maximum Gasteiger partial charge on any atom is 0.112 e. The molecule has 0 aromatic heterocycles. The first-order chi connectivity index (χ1) is 5.57. The second-order valence-corrected chi connectivity index (χ2v) is 4.59. The summed E-state index contributed by atoms with van der Waals surface area (Å²) in [4.78, 5) is 10.3. The van der Waals surface area contributed by atoms with E-state index < -0.39 is 0 Å². The molecule has 4 heteroatoms. The zero-order chi connectivity index (χ0) is 9.56. The van der Waals surface area contributed by atoms with Crippen LogP contribution in [0.15, 0.2) is 9.98 Å². The second-order valence-electron chi connectivity index (χ2n) is 2.78. The fraction of sp³-hybridized carbons (Fsp3) is 0.875. The van der Waals surface area contributed by atoms with Gasteiger partial charge in [-0.25, -0.2) is 9.98 Å². The van der Waals surface area contributed by atoms with Gasteiger partial charge in [-0.1, -0.05) is 29.5 Å². The van der Waals surface area contributed by atoms with Crippen molar-refractivity contribution in [1.82, 2.24) is 4.90 Å². The van der Waals surface area contributed by atoms with Crippen molar-refractivity contribution >= 4 is 28.6 Å². The van der Waals surface area contributed by atoms with Gasteiger partial charge in [-0.3, -0.25) is 4.90 Å². The van der Waals surface area contributed by atoms with Crippen LogP contribution in [-0.2, 0) is 0 Å². The molecule has 0 aliphatic rings. The molecule has 0 radical (unpaired) electrons. The summed E-state index contributed by atoms with van der Waals surface area (Å²) in [5, 5.41) is 0. The summed E-state index contributed by atoms with van der Waals surface area (Å²) >= 11 is 2.22. The van der Waals surface area contributed by atoms with Crippen molar-refractivity contribution < 1.29 is 0 Å². The average molecular weight is 281 g/mol. The van der Waals surface area contributed by atoms with Crippen molar-refractivity contribution in [1.29, 1.82) is 0 Å². The van der Waals surface area contributed by atoms with Crippen LogP contribution in [0.4, 0.5) is 0 Å². The van der Waals surface area contributed by atoms with E-state index in [1.165, 1.54) is 0 Å². The van der Waals surface area contributed by atoms with E-state index in [1.807, 2.05) is 21.0 Å². The van der Waals surface area contributed by atoms with Crippen molar-refractivity contribution in [3.05, 3.63) is 0 Å². The summed E-state index contributed by atoms with van der Waals surface area (Å²) < 4.78 is 0.256. The Hall–Kier alpha value is 0.0700. The maximum atomic E-state index is 4.19. The molecular weight excluding hydrogens is 265 g/mol. The van der Waals surface area contributed by atoms with Crippen LogP contribution in [0.1, 0.15) is 20.3 Å². The summed E-state index contributed by atoms with van der Waals surface area (Å²) in [5.74, 6) is 0. The molecular formula is C8H16IN3. The van der Waals surface area contributed by atoms with Gasteiger partial charge >= 0.3 is 0 Å². The van der Waals surface area contributed by atoms with E-state index >= 15 is 0 Å². The minimum Gasteiger partial charge on any atom is -0.287 e. The number of nitrogens with zero attached hydrogens (tertiary/aromatic N) is 3. The monoisotopic (exact) mass is 281 g/mol. The summed E-state index contributed by atoms with van der Waals surface area (Å²) in [5.41, 5.74) is 0.